The molecule has 3 rings (SSSR count). The van der Waals surface area contributed by atoms with Gasteiger partial charge in [0.1, 0.15) is 5.69 Å². The van der Waals surface area contributed by atoms with Gasteiger partial charge in [0, 0.05) is 6.07 Å². The zero-order valence-corrected chi connectivity index (χ0v) is 14.2. The standard InChI is InChI=1S/C14H5Br2FN2O4/c15-8-5-9(19(22)23)12(10(16)11(8)17)18-13(20)6-3-1-2-4-7(6)14(18)21/h1-5H. The van der Waals surface area contributed by atoms with E-state index in [0.717, 1.165) is 6.07 Å². The van der Waals surface area contributed by atoms with Crippen LogP contribution in [0.25, 0.3) is 0 Å². The van der Waals surface area contributed by atoms with Crippen LogP contribution >= 0.6 is 31.9 Å². The van der Waals surface area contributed by atoms with Crippen molar-refractivity contribution in [3.8, 4) is 0 Å². The SMILES string of the molecule is O=C1c2ccccc2C(=O)N1c1c([N+](=O)[O-])cc(Br)c(F)c1Br. The lowest BCUT2D eigenvalue weighted by molar-refractivity contribution is -0.384. The van der Waals surface area contributed by atoms with Crippen molar-refractivity contribution in [1.29, 1.82) is 0 Å². The van der Waals surface area contributed by atoms with Crippen molar-refractivity contribution in [2.45, 2.75) is 0 Å². The first kappa shape index (κ1) is 15.8. The molecule has 2 aromatic carbocycles. The molecule has 23 heavy (non-hydrogen) atoms. The molecule has 0 N–H and O–H groups in total. The third-order valence-corrected chi connectivity index (χ3v) is 4.63. The number of nitro groups is 1. The van der Waals surface area contributed by atoms with Crippen molar-refractivity contribution in [2.75, 3.05) is 4.90 Å². The summed E-state index contributed by atoms with van der Waals surface area (Å²) in [5.74, 6) is -2.32. The molecule has 0 bridgehead atoms. The molecule has 116 valence electrons. The van der Waals surface area contributed by atoms with Gasteiger partial charge in [-0.25, -0.2) is 9.29 Å². The molecule has 2 aromatic rings. The van der Waals surface area contributed by atoms with Crippen molar-refractivity contribution in [3.63, 3.8) is 0 Å². The minimum absolute atomic E-state index is 0.113. The maximum absolute atomic E-state index is 14.1. The maximum atomic E-state index is 14.1. The minimum Gasteiger partial charge on any atom is -0.268 e. The summed E-state index contributed by atoms with van der Waals surface area (Å²) in [6.45, 7) is 0. The van der Waals surface area contributed by atoms with Gasteiger partial charge in [-0.3, -0.25) is 19.7 Å². The number of halogens is 3. The summed E-state index contributed by atoms with van der Waals surface area (Å²) in [4.78, 5) is 36.0. The van der Waals surface area contributed by atoms with Crippen LogP contribution in [0.1, 0.15) is 20.7 Å². The Morgan fingerprint density at radius 3 is 2.09 bits per heavy atom. The molecular weight excluding hydrogens is 439 g/mol. The largest absolute Gasteiger partial charge is 0.295 e. The van der Waals surface area contributed by atoms with E-state index in [4.69, 9.17) is 0 Å². The van der Waals surface area contributed by atoms with Crippen LogP contribution in [0.2, 0.25) is 0 Å². The van der Waals surface area contributed by atoms with E-state index in [0.29, 0.717) is 4.90 Å². The summed E-state index contributed by atoms with van der Waals surface area (Å²) in [5.41, 5.74) is -0.773. The van der Waals surface area contributed by atoms with Crippen LogP contribution < -0.4 is 4.90 Å². The Labute approximate surface area is 145 Å². The van der Waals surface area contributed by atoms with E-state index in [1.54, 1.807) is 12.1 Å². The molecule has 9 heteroatoms. The molecule has 1 heterocycles. The second-order valence-corrected chi connectivity index (χ2v) is 6.25. The molecule has 0 aliphatic carbocycles. The predicted octanol–water partition coefficient (Wildman–Crippen LogP) is 4.06. The number of benzene rings is 2. The number of carbonyl (C=O) groups excluding carboxylic acids is 2. The number of rotatable bonds is 2. The second kappa shape index (κ2) is 5.50. The highest BCUT2D eigenvalue weighted by Gasteiger charge is 2.41. The van der Waals surface area contributed by atoms with E-state index < -0.39 is 33.9 Å². The lowest BCUT2D eigenvalue weighted by atomic mass is 10.1. The van der Waals surface area contributed by atoms with Crippen LogP contribution in [-0.2, 0) is 0 Å². The monoisotopic (exact) mass is 442 g/mol. The fraction of sp³-hybridized carbons (Fsp3) is 0. The van der Waals surface area contributed by atoms with Crippen molar-refractivity contribution < 1.29 is 18.9 Å². The number of hydrogen-bond acceptors (Lipinski definition) is 4. The number of amides is 2. The molecule has 0 unspecified atom stereocenters. The van der Waals surface area contributed by atoms with E-state index >= 15 is 0 Å². The normalized spacial score (nSPS) is 13.4. The summed E-state index contributed by atoms with van der Waals surface area (Å²) >= 11 is 5.77. The highest BCUT2D eigenvalue weighted by molar-refractivity contribution is 9.11. The highest BCUT2D eigenvalue weighted by atomic mass is 79.9. The lowest BCUT2D eigenvalue weighted by Gasteiger charge is -2.16. The Balaban J connectivity index is 2.29. The van der Waals surface area contributed by atoms with Gasteiger partial charge >= 0.3 is 0 Å². The summed E-state index contributed by atoms with van der Waals surface area (Å²) in [5, 5.41) is 11.3. The molecule has 0 radical (unpaired) electrons. The van der Waals surface area contributed by atoms with Gasteiger partial charge in [0.2, 0.25) is 0 Å². The lowest BCUT2D eigenvalue weighted by Crippen LogP contribution is -2.30. The third kappa shape index (κ3) is 2.27. The van der Waals surface area contributed by atoms with Gasteiger partial charge in [-0.2, -0.15) is 0 Å². The Kier molecular flexibility index (Phi) is 3.77. The smallest absolute Gasteiger partial charge is 0.268 e. The van der Waals surface area contributed by atoms with Gasteiger partial charge in [-0.1, -0.05) is 12.1 Å². The summed E-state index contributed by atoms with van der Waals surface area (Å²) in [7, 11) is 0. The molecule has 0 fully saturated rings. The van der Waals surface area contributed by atoms with Crippen LogP contribution in [0.3, 0.4) is 0 Å². The molecular formula is C14H5Br2FN2O4. The number of anilines is 1. The van der Waals surface area contributed by atoms with Crippen molar-refractivity contribution in [1.82, 2.24) is 0 Å². The van der Waals surface area contributed by atoms with Gasteiger partial charge in [0.05, 0.1) is 25.0 Å². The Morgan fingerprint density at radius 1 is 1.09 bits per heavy atom. The Hall–Kier alpha value is -2.13. The number of nitrogens with zero attached hydrogens (tertiary/aromatic N) is 2. The highest BCUT2D eigenvalue weighted by Crippen LogP contribution is 2.43. The molecule has 2 amide bonds. The summed E-state index contributed by atoms with van der Waals surface area (Å²) in [6.07, 6.45) is 0. The molecule has 0 aromatic heterocycles. The van der Waals surface area contributed by atoms with E-state index in [2.05, 4.69) is 31.9 Å². The quantitative estimate of drug-likeness (QED) is 0.303. The van der Waals surface area contributed by atoms with E-state index in [1.165, 1.54) is 12.1 Å². The minimum atomic E-state index is -0.845. The maximum Gasteiger partial charge on any atom is 0.295 e. The van der Waals surface area contributed by atoms with Gasteiger partial charge < -0.3 is 0 Å². The van der Waals surface area contributed by atoms with E-state index in [1.807, 2.05) is 0 Å². The second-order valence-electron chi connectivity index (χ2n) is 4.60. The van der Waals surface area contributed by atoms with Crippen molar-refractivity contribution in [2.24, 2.45) is 0 Å². The van der Waals surface area contributed by atoms with Crippen LogP contribution in [-0.4, -0.2) is 16.7 Å². The number of hydrogen-bond donors (Lipinski definition) is 0. The molecule has 0 atom stereocenters. The zero-order chi connectivity index (χ0) is 16.9. The fourth-order valence-corrected chi connectivity index (χ4v) is 3.59. The molecule has 1 aliphatic heterocycles. The number of fused-ring (bicyclic) bond motifs is 1. The van der Waals surface area contributed by atoms with Gasteiger partial charge in [-0.15, -0.1) is 0 Å². The average Bonchev–Trinajstić information content (AvgIpc) is 2.77. The Bertz CT molecular complexity index is 866. The van der Waals surface area contributed by atoms with Gasteiger partial charge in [-0.05, 0) is 44.0 Å². The fourth-order valence-electron chi connectivity index (χ4n) is 2.32. The molecule has 1 aliphatic rings. The number of carbonyl (C=O) groups is 2. The number of nitro benzene ring substituents is 1. The Morgan fingerprint density at radius 2 is 1.61 bits per heavy atom. The predicted molar refractivity (Wildman–Crippen MR) is 86.0 cm³/mol. The zero-order valence-electron chi connectivity index (χ0n) is 11.0. The van der Waals surface area contributed by atoms with Crippen LogP contribution in [0.5, 0.6) is 0 Å². The molecule has 0 saturated heterocycles. The van der Waals surface area contributed by atoms with Crippen molar-refractivity contribution >= 4 is 55.0 Å². The van der Waals surface area contributed by atoms with Crippen LogP contribution in [0, 0.1) is 15.9 Å². The van der Waals surface area contributed by atoms with Crippen molar-refractivity contribution in [3.05, 3.63) is 66.3 Å². The number of imide groups is 1. The van der Waals surface area contributed by atoms with Gasteiger partial charge in [0.25, 0.3) is 17.5 Å². The first-order valence-corrected chi connectivity index (χ1v) is 7.73. The summed E-state index contributed by atoms with van der Waals surface area (Å²) < 4.78 is 13.6. The first-order valence-electron chi connectivity index (χ1n) is 6.14. The topological polar surface area (TPSA) is 80.5 Å². The average molecular weight is 444 g/mol. The molecule has 0 spiro atoms. The third-order valence-electron chi connectivity index (χ3n) is 3.33. The van der Waals surface area contributed by atoms with E-state index in [9.17, 15) is 24.1 Å². The van der Waals surface area contributed by atoms with Crippen LogP contribution in [0.15, 0.2) is 39.3 Å². The van der Waals surface area contributed by atoms with Crippen LogP contribution in [0.4, 0.5) is 15.8 Å². The molecule has 0 saturated carbocycles. The summed E-state index contributed by atoms with van der Waals surface area (Å²) in [6, 6.07) is 6.92. The first-order chi connectivity index (χ1) is 10.8. The van der Waals surface area contributed by atoms with E-state index in [-0.39, 0.29) is 20.1 Å². The van der Waals surface area contributed by atoms with Gasteiger partial charge in [0.15, 0.2) is 5.82 Å². The molecule has 6 nitrogen and oxygen atoms in total.